The molecule has 2 rings (SSSR count). The van der Waals surface area contributed by atoms with Gasteiger partial charge in [-0.15, -0.1) is 0 Å². The monoisotopic (exact) mass is 314 g/mol. The summed E-state index contributed by atoms with van der Waals surface area (Å²) >= 11 is 0. The van der Waals surface area contributed by atoms with E-state index in [0.717, 1.165) is 16.9 Å². The highest BCUT2D eigenvalue weighted by Gasteiger charge is 2.13. The Labute approximate surface area is 136 Å². The zero-order valence-electron chi connectivity index (χ0n) is 14.1. The van der Waals surface area contributed by atoms with Gasteiger partial charge < -0.3 is 19.7 Å². The molecule has 0 saturated heterocycles. The van der Waals surface area contributed by atoms with Crippen LogP contribution in [0.1, 0.15) is 15.9 Å². The number of rotatable bonds is 5. The standard InChI is InChI=1S/C18H22N2O3/c1-12-16(22-4)10-13(11-17(12)23-5)18(21)19-14-6-8-15(9-7-14)20(2)3/h6-11H,1-5H3,(H,19,21). The van der Waals surface area contributed by atoms with Gasteiger partial charge in [-0.25, -0.2) is 0 Å². The largest absolute Gasteiger partial charge is 0.496 e. The fraction of sp³-hybridized carbons (Fsp3) is 0.278. The number of ether oxygens (including phenoxy) is 2. The number of anilines is 2. The van der Waals surface area contributed by atoms with Crippen molar-refractivity contribution in [1.29, 1.82) is 0 Å². The average Bonchev–Trinajstić information content (AvgIpc) is 2.55. The Bertz CT molecular complexity index is 669. The summed E-state index contributed by atoms with van der Waals surface area (Å²) in [5.41, 5.74) is 3.16. The van der Waals surface area contributed by atoms with Gasteiger partial charge in [-0.05, 0) is 43.3 Å². The van der Waals surface area contributed by atoms with E-state index >= 15 is 0 Å². The number of carbonyl (C=O) groups excluding carboxylic acids is 1. The first-order valence-electron chi connectivity index (χ1n) is 7.27. The molecule has 5 nitrogen and oxygen atoms in total. The predicted octanol–water partition coefficient (Wildman–Crippen LogP) is 3.33. The maximum absolute atomic E-state index is 12.4. The second kappa shape index (κ2) is 7.05. The van der Waals surface area contributed by atoms with Crippen molar-refractivity contribution in [3.8, 4) is 11.5 Å². The zero-order valence-corrected chi connectivity index (χ0v) is 14.1. The highest BCUT2D eigenvalue weighted by molar-refractivity contribution is 6.05. The first kappa shape index (κ1) is 16.7. The molecular weight excluding hydrogens is 292 g/mol. The van der Waals surface area contributed by atoms with Crippen LogP contribution >= 0.6 is 0 Å². The van der Waals surface area contributed by atoms with E-state index in [2.05, 4.69) is 5.32 Å². The summed E-state index contributed by atoms with van der Waals surface area (Å²) in [6.07, 6.45) is 0. The first-order valence-corrected chi connectivity index (χ1v) is 7.27. The fourth-order valence-electron chi connectivity index (χ4n) is 2.26. The molecule has 0 radical (unpaired) electrons. The molecule has 0 unspecified atom stereocenters. The topological polar surface area (TPSA) is 50.8 Å². The molecule has 0 saturated carbocycles. The molecule has 0 aliphatic rings. The molecule has 0 heterocycles. The summed E-state index contributed by atoms with van der Waals surface area (Å²) in [7, 11) is 7.09. The third-order valence-electron chi connectivity index (χ3n) is 3.66. The predicted molar refractivity (Wildman–Crippen MR) is 93.0 cm³/mol. The van der Waals surface area contributed by atoms with E-state index in [1.54, 1.807) is 26.4 Å². The number of benzene rings is 2. The van der Waals surface area contributed by atoms with E-state index in [-0.39, 0.29) is 5.91 Å². The van der Waals surface area contributed by atoms with Crippen LogP contribution in [0.3, 0.4) is 0 Å². The lowest BCUT2D eigenvalue weighted by Gasteiger charge is -2.14. The summed E-state index contributed by atoms with van der Waals surface area (Å²) in [6.45, 7) is 1.89. The maximum Gasteiger partial charge on any atom is 0.255 e. The van der Waals surface area contributed by atoms with Gasteiger partial charge in [0, 0.05) is 36.6 Å². The van der Waals surface area contributed by atoms with Crippen LogP contribution in [0.25, 0.3) is 0 Å². The van der Waals surface area contributed by atoms with Crippen molar-refractivity contribution in [2.75, 3.05) is 38.5 Å². The Morgan fingerprint density at radius 3 is 1.96 bits per heavy atom. The van der Waals surface area contributed by atoms with Gasteiger partial charge in [0.25, 0.3) is 5.91 Å². The number of hydrogen-bond donors (Lipinski definition) is 1. The highest BCUT2D eigenvalue weighted by atomic mass is 16.5. The molecule has 0 bridgehead atoms. The van der Waals surface area contributed by atoms with Gasteiger partial charge >= 0.3 is 0 Å². The Hall–Kier alpha value is -2.69. The molecule has 0 spiro atoms. The van der Waals surface area contributed by atoms with E-state index in [1.807, 2.05) is 50.2 Å². The van der Waals surface area contributed by atoms with Crippen molar-refractivity contribution in [1.82, 2.24) is 0 Å². The maximum atomic E-state index is 12.4. The number of amides is 1. The molecule has 122 valence electrons. The van der Waals surface area contributed by atoms with Crippen molar-refractivity contribution < 1.29 is 14.3 Å². The minimum atomic E-state index is -0.209. The van der Waals surface area contributed by atoms with Crippen LogP contribution < -0.4 is 19.7 Å². The number of hydrogen-bond acceptors (Lipinski definition) is 4. The normalized spacial score (nSPS) is 10.1. The number of carbonyl (C=O) groups is 1. The van der Waals surface area contributed by atoms with Crippen molar-refractivity contribution in [2.24, 2.45) is 0 Å². The molecule has 2 aromatic carbocycles. The molecule has 5 heteroatoms. The molecule has 0 aliphatic heterocycles. The van der Waals surface area contributed by atoms with Crippen LogP contribution in [0.4, 0.5) is 11.4 Å². The van der Waals surface area contributed by atoms with Crippen LogP contribution in [0, 0.1) is 6.92 Å². The Morgan fingerprint density at radius 1 is 1.00 bits per heavy atom. The Kier molecular flexibility index (Phi) is 5.11. The van der Waals surface area contributed by atoms with Crippen LogP contribution in [-0.4, -0.2) is 34.2 Å². The minimum Gasteiger partial charge on any atom is -0.496 e. The van der Waals surface area contributed by atoms with Gasteiger partial charge in [-0.2, -0.15) is 0 Å². The lowest BCUT2D eigenvalue weighted by atomic mass is 10.1. The number of methoxy groups -OCH3 is 2. The van der Waals surface area contributed by atoms with Gasteiger partial charge in [0.15, 0.2) is 0 Å². The summed E-state index contributed by atoms with van der Waals surface area (Å²) in [5.74, 6) is 1.04. The first-order chi connectivity index (χ1) is 11.0. The third-order valence-corrected chi connectivity index (χ3v) is 3.66. The van der Waals surface area contributed by atoms with Gasteiger partial charge in [-0.3, -0.25) is 4.79 Å². The molecule has 0 aromatic heterocycles. The van der Waals surface area contributed by atoms with Gasteiger partial charge in [0.2, 0.25) is 0 Å². The summed E-state index contributed by atoms with van der Waals surface area (Å²) < 4.78 is 10.6. The lowest BCUT2D eigenvalue weighted by Crippen LogP contribution is -2.13. The van der Waals surface area contributed by atoms with Crippen molar-refractivity contribution in [2.45, 2.75) is 6.92 Å². The third kappa shape index (κ3) is 3.74. The lowest BCUT2D eigenvalue weighted by molar-refractivity contribution is 0.102. The quantitative estimate of drug-likeness (QED) is 0.920. The fourth-order valence-corrected chi connectivity index (χ4v) is 2.26. The molecule has 1 amide bonds. The van der Waals surface area contributed by atoms with Crippen LogP contribution in [-0.2, 0) is 0 Å². The van der Waals surface area contributed by atoms with E-state index in [4.69, 9.17) is 9.47 Å². The molecule has 0 aliphatic carbocycles. The van der Waals surface area contributed by atoms with Crippen molar-refractivity contribution in [3.63, 3.8) is 0 Å². The summed E-state index contributed by atoms with van der Waals surface area (Å²) in [5, 5.41) is 2.88. The van der Waals surface area contributed by atoms with Gasteiger partial charge in [-0.1, -0.05) is 0 Å². The molecule has 0 fully saturated rings. The van der Waals surface area contributed by atoms with Gasteiger partial charge in [0.05, 0.1) is 14.2 Å². The average molecular weight is 314 g/mol. The van der Waals surface area contributed by atoms with E-state index in [0.29, 0.717) is 17.1 Å². The van der Waals surface area contributed by atoms with Crippen molar-refractivity contribution >= 4 is 17.3 Å². The number of nitrogens with one attached hydrogen (secondary N) is 1. The molecule has 23 heavy (non-hydrogen) atoms. The summed E-state index contributed by atoms with van der Waals surface area (Å²) in [6, 6.07) is 11.1. The number of nitrogens with zero attached hydrogens (tertiary/aromatic N) is 1. The van der Waals surface area contributed by atoms with E-state index in [9.17, 15) is 4.79 Å². The second-order valence-electron chi connectivity index (χ2n) is 5.40. The SMILES string of the molecule is COc1cc(C(=O)Nc2ccc(N(C)C)cc2)cc(OC)c1C. The summed E-state index contributed by atoms with van der Waals surface area (Å²) in [4.78, 5) is 14.4. The Balaban J connectivity index is 2.23. The highest BCUT2D eigenvalue weighted by Crippen LogP contribution is 2.29. The Morgan fingerprint density at radius 2 is 1.52 bits per heavy atom. The van der Waals surface area contributed by atoms with Gasteiger partial charge in [0.1, 0.15) is 11.5 Å². The van der Waals surface area contributed by atoms with Crippen LogP contribution in [0.15, 0.2) is 36.4 Å². The van der Waals surface area contributed by atoms with E-state index in [1.165, 1.54) is 0 Å². The van der Waals surface area contributed by atoms with E-state index < -0.39 is 0 Å². The van der Waals surface area contributed by atoms with Crippen LogP contribution in [0.5, 0.6) is 11.5 Å². The van der Waals surface area contributed by atoms with Crippen molar-refractivity contribution in [3.05, 3.63) is 47.5 Å². The smallest absolute Gasteiger partial charge is 0.255 e. The minimum absolute atomic E-state index is 0.209. The zero-order chi connectivity index (χ0) is 17.0. The molecule has 2 aromatic rings. The second-order valence-corrected chi connectivity index (χ2v) is 5.40. The van der Waals surface area contributed by atoms with Crippen LogP contribution in [0.2, 0.25) is 0 Å². The molecule has 1 N–H and O–H groups in total. The molecular formula is C18H22N2O3. The molecule has 0 atom stereocenters.